The van der Waals surface area contributed by atoms with Crippen molar-refractivity contribution in [3.63, 3.8) is 0 Å². The van der Waals surface area contributed by atoms with Crippen molar-refractivity contribution < 1.29 is 9.90 Å². The molecule has 0 saturated heterocycles. The molecular weight excluding hydrogens is 296 g/mol. The smallest absolute Gasteiger partial charge is 0.241 e. The van der Waals surface area contributed by atoms with Crippen molar-refractivity contribution in [1.82, 2.24) is 19.7 Å². The molecule has 122 valence electrons. The van der Waals surface area contributed by atoms with Crippen LogP contribution in [0.3, 0.4) is 0 Å². The van der Waals surface area contributed by atoms with Crippen LogP contribution < -0.4 is 10.6 Å². The van der Waals surface area contributed by atoms with Gasteiger partial charge >= 0.3 is 0 Å². The van der Waals surface area contributed by atoms with E-state index >= 15 is 0 Å². The van der Waals surface area contributed by atoms with Crippen LogP contribution in [0.5, 0.6) is 0 Å². The Morgan fingerprint density at radius 2 is 2.30 bits per heavy atom. The minimum Gasteiger partial charge on any atom is -0.395 e. The molecule has 0 atom stereocenters. The topological polar surface area (TPSA) is 108 Å². The van der Waals surface area contributed by atoms with Gasteiger partial charge in [0.25, 0.3) is 0 Å². The molecule has 0 aliphatic carbocycles. The summed E-state index contributed by atoms with van der Waals surface area (Å²) in [7, 11) is 1.86. The van der Waals surface area contributed by atoms with Crippen molar-refractivity contribution in [3.8, 4) is 6.07 Å². The van der Waals surface area contributed by atoms with Gasteiger partial charge in [0, 0.05) is 32.0 Å². The molecule has 2 aromatic heterocycles. The van der Waals surface area contributed by atoms with Gasteiger partial charge in [0.05, 0.1) is 18.5 Å². The molecular formula is C15H20N6O2. The molecule has 0 spiro atoms. The van der Waals surface area contributed by atoms with E-state index in [-0.39, 0.29) is 25.6 Å². The van der Waals surface area contributed by atoms with Crippen molar-refractivity contribution in [2.45, 2.75) is 20.0 Å². The number of nitrogens with one attached hydrogen (secondary N) is 2. The van der Waals surface area contributed by atoms with Crippen molar-refractivity contribution in [2.75, 3.05) is 18.5 Å². The quantitative estimate of drug-likeness (QED) is 0.672. The molecule has 0 aliphatic heterocycles. The number of hydrogen-bond donors (Lipinski definition) is 3. The fourth-order valence-electron chi connectivity index (χ4n) is 2.19. The molecule has 0 aliphatic rings. The molecule has 8 nitrogen and oxygen atoms in total. The highest BCUT2D eigenvalue weighted by Crippen LogP contribution is 2.15. The summed E-state index contributed by atoms with van der Waals surface area (Å²) < 4.78 is 3.37. The fraction of sp³-hybridized carbons (Fsp3) is 0.400. The molecule has 0 bridgehead atoms. The van der Waals surface area contributed by atoms with E-state index in [9.17, 15) is 4.79 Å². The van der Waals surface area contributed by atoms with Crippen LogP contribution in [-0.2, 0) is 24.9 Å². The summed E-state index contributed by atoms with van der Waals surface area (Å²) in [6, 6.07) is 4.01. The lowest BCUT2D eigenvalue weighted by molar-refractivity contribution is -0.122. The van der Waals surface area contributed by atoms with Crippen LogP contribution in [0, 0.1) is 18.3 Å². The second kappa shape index (κ2) is 7.47. The predicted molar refractivity (Wildman–Crippen MR) is 84.5 cm³/mol. The molecule has 23 heavy (non-hydrogen) atoms. The lowest BCUT2D eigenvalue weighted by atomic mass is 10.2. The molecule has 2 aromatic rings. The average Bonchev–Trinajstić information content (AvgIpc) is 3.09. The van der Waals surface area contributed by atoms with E-state index in [1.807, 2.05) is 24.6 Å². The number of aromatic nitrogens is 3. The van der Waals surface area contributed by atoms with Gasteiger partial charge in [0.2, 0.25) is 5.91 Å². The summed E-state index contributed by atoms with van der Waals surface area (Å²) in [6.07, 6.45) is 3.38. The number of aliphatic hydroxyl groups excluding tert-OH is 1. The lowest BCUT2D eigenvalue weighted by Gasteiger charge is -2.04. The van der Waals surface area contributed by atoms with Gasteiger partial charge in [0.15, 0.2) is 0 Å². The SMILES string of the molecule is Cc1c(CNc2cnn(CC(=O)NCCO)c2)cc(C#N)n1C. The Hall–Kier alpha value is -2.79. The van der Waals surface area contributed by atoms with Gasteiger partial charge in [-0.15, -0.1) is 0 Å². The molecule has 1 amide bonds. The summed E-state index contributed by atoms with van der Waals surface area (Å²) in [4.78, 5) is 11.5. The fourth-order valence-corrected chi connectivity index (χ4v) is 2.19. The minimum absolute atomic E-state index is 0.0846. The number of carbonyl (C=O) groups excluding carboxylic acids is 1. The number of aliphatic hydroxyl groups is 1. The number of nitrogens with zero attached hydrogens (tertiary/aromatic N) is 4. The third-order valence-corrected chi connectivity index (χ3v) is 3.61. The first-order valence-corrected chi connectivity index (χ1v) is 7.24. The minimum atomic E-state index is -0.203. The summed E-state index contributed by atoms with van der Waals surface area (Å²) in [5.41, 5.74) is 3.49. The number of amides is 1. The van der Waals surface area contributed by atoms with Gasteiger partial charge in [0.1, 0.15) is 18.3 Å². The van der Waals surface area contributed by atoms with E-state index in [1.165, 1.54) is 4.68 Å². The maximum Gasteiger partial charge on any atom is 0.241 e. The van der Waals surface area contributed by atoms with Crippen LogP contribution in [0.1, 0.15) is 17.0 Å². The molecule has 0 aromatic carbocycles. The largest absolute Gasteiger partial charge is 0.395 e. The zero-order valence-corrected chi connectivity index (χ0v) is 13.2. The van der Waals surface area contributed by atoms with E-state index in [2.05, 4.69) is 21.8 Å². The lowest BCUT2D eigenvalue weighted by Crippen LogP contribution is -2.30. The standard InChI is InChI=1S/C15H20N6O2/c1-11-12(5-14(6-16)20(11)2)7-18-13-8-19-21(9-13)10-15(23)17-3-4-22/h5,8-9,18,22H,3-4,7,10H2,1-2H3,(H,17,23). The van der Waals surface area contributed by atoms with Crippen molar-refractivity contribution in [2.24, 2.45) is 7.05 Å². The van der Waals surface area contributed by atoms with Crippen molar-refractivity contribution in [1.29, 1.82) is 5.26 Å². The number of hydrogen-bond acceptors (Lipinski definition) is 5. The summed E-state index contributed by atoms with van der Waals surface area (Å²) in [5.74, 6) is -0.203. The average molecular weight is 316 g/mol. The summed E-state index contributed by atoms with van der Waals surface area (Å²) in [6.45, 7) is 2.79. The Balaban J connectivity index is 1.92. The Morgan fingerprint density at radius 3 is 2.96 bits per heavy atom. The molecule has 3 N–H and O–H groups in total. The summed E-state index contributed by atoms with van der Waals surface area (Å²) >= 11 is 0. The van der Waals surface area contributed by atoms with Gasteiger partial charge in [-0.3, -0.25) is 9.48 Å². The number of carbonyl (C=O) groups is 1. The van der Waals surface area contributed by atoms with Gasteiger partial charge in [-0.2, -0.15) is 10.4 Å². The zero-order valence-electron chi connectivity index (χ0n) is 13.2. The number of rotatable bonds is 7. The van der Waals surface area contributed by atoms with Crippen molar-refractivity contribution in [3.05, 3.63) is 35.4 Å². The highest BCUT2D eigenvalue weighted by molar-refractivity contribution is 5.75. The monoisotopic (exact) mass is 316 g/mol. The van der Waals surface area contributed by atoms with E-state index in [0.717, 1.165) is 16.9 Å². The van der Waals surface area contributed by atoms with Crippen LogP contribution in [-0.4, -0.2) is 38.5 Å². The van der Waals surface area contributed by atoms with E-state index < -0.39 is 0 Å². The molecule has 2 rings (SSSR count). The first kappa shape index (κ1) is 16.6. The van der Waals surface area contributed by atoms with Crippen LogP contribution in [0.25, 0.3) is 0 Å². The van der Waals surface area contributed by atoms with Crippen LogP contribution in [0.15, 0.2) is 18.5 Å². The van der Waals surface area contributed by atoms with E-state index in [0.29, 0.717) is 12.2 Å². The third kappa shape index (κ3) is 4.11. The second-order valence-corrected chi connectivity index (χ2v) is 5.16. The third-order valence-electron chi connectivity index (χ3n) is 3.61. The Labute approximate surface area is 134 Å². The van der Waals surface area contributed by atoms with Crippen LogP contribution >= 0.6 is 0 Å². The Bertz CT molecular complexity index is 725. The first-order chi connectivity index (χ1) is 11.0. The predicted octanol–water partition coefficient (Wildman–Crippen LogP) is 0.122. The first-order valence-electron chi connectivity index (χ1n) is 7.24. The molecule has 2 heterocycles. The van der Waals surface area contributed by atoms with Gasteiger partial charge in [-0.25, -0.2) is 0 Å². The Morgan fingerprint density at radius 1 is 1.52 bits per heavy atom. The molecule has 0 radical (unpaired) electrons. The summed E-state index contributed by atoms with van der Waals surface area (Å²) in [5, 5.41) is 27.6. The second-order valence-electron chi connectivity index (χ2n) is 5.16. The molecule has 0 fully saturated rings. The highest BCUT2D eigenvalue weighted by Gasteiger charge is 2.09. The van der Waals surface area contributed by atoms with Gasteiger partial charge < -0.3 is 20.3 Å². The van der Waals surface area contributed by atoms with Gasteiger partial charge in [-0.05, 0) is 18.6 Å². The van der Waals surface area contributed by atoms with Gasteiger partial charge in [-0.1, -0.05) is 0 Å². The highest BCUT2D eigenvalue weighted by atomic mass is 16.3. The van der Waals surface area contributed by atoms with Crippen LogP contribution in [0.2, 0.25) is 0 Å². The maximum atomic E-state index is 11.5. The Kier molecular flexibility index (Phi) is 5.38. The van der Waals surface area contributed by atoms with Crippen LogP contribution in [0.4, 0.5) is 5.69 Å². The number of anilines is 1. The maximum absolute atomic E-state index is 11.5. The molecule has 0 saturated carbocycles. The molecule has 8 heteroatoms. The number of nitriles is 1. The zero-order chi connectivity index (χ0) is 16.8. The normalized spacial score (nSPS) is 10.3. The van der Waals surface area contributed by atoms with E-state index in [1.54, 1.807) is 12.4 Å². The molecule has 0 unspecified atom stereocenters. The van der Waals surface area contributed by atoms with E-state index in [4.69, 9.17) is 10.4 Å². The van der Waals surface area contributed by atoms with Crippen molar-refractivity contribution >= 4 is 11.6 Å².